The molecule has 7 nitrogen and oxygen atoms in total. The Labute approximate surface area is 92.3 Å². The summed E-state index contributed by atoms with van der Waals surface area (Å²) in [5, 5.41) is 9.80. The zero-order chi connectivity index (χ0) is 11.2. The number of nitrogens with zero attached hydrogens (tertiary/aromatic N) is 4. The molecule has 0 bridgehead atoms. The molecule has 0 aliphatic carbocycles. The maximum absolute atomic E-state index is 4.62. The first-order valence-electron chi connectivity index (χ1n) is 4.93. The lowest BCUT2D eigenvalue weighted by Gasteiger charge is -2.05. The van der Waals surface area contributed by atoms with Crippen LogP contribution in [0.2, 0.25) is 0 Å². The van der Waals surface area contributed by atoms with Crippen LogP contribution in [-0.4, -0.2) is 26.7 Å². The van der Waals surface area contributed by atoms with Crippen molar-refractivity contribution in [3.05, 3.63) is 24.6 Å². The van der Waals surface area contributed by atoms with Crippen molar-refractivity contribution in [1.29, 1.82) is 0 Å². The summed E-state index contributed by atoms with van der Waals surface area (Å²) in [6.45, 7) is 3.27. The fourth-order valence-corrected chi connectivity index (χ4v) is 1.16. The minimum atomic E-state index is 0.459. The minimum Gasteiger partial charge on any atom is -0.369 e. The van der Waals surface area contributed by atoms with Gasteiger partial charge in [0.1, 0.15) is 11.6 Å². The highest BCUT2D eigenvalue weighted by molar-refractivity contribution is 5.41. The Morgan fingerprint density at radius 3 is 2.75 bits per heavy atom. The molecule has 0 aromatic carbocycles. The number of hydrogen-bond acceptors (Lipinski definition) is 7. The Kier molecular flexibility index (Phi) is 3.27. The Balaban J connectivity index is 1.96. The molecule has 0 atom stereocenters. The van der Waals surface area contributed by atoms with Crippen LogP contribution in [0.3, 0.4) is 0 Å². The molecule has 0 saturated heterocycles. The van der Waals surface area contributed by atoms with Gasteiger partial charge in [0.2, 0.25) is 6.39 Å². The van der Waals surface area contributed by atoms with Crippen molar-refractivity contribution in [2.45, 2.75) is 13.5 Å². The van der Waals surface area contributed by atoms with Crippen LogP contribution in [-0.2, 0) is 6.54 Å². The van der Waals surface area contributed by atoms with E-state index in [1.807, 2.05) is 6.92 Å². The second-order valence-corrected chi connectivity index (χ2v) is 3.02. The molecule has 0 aliphatic rings. The summed E-state index contributed by atoms with van der Waals surface area (Å²) in [6, 6.07) is 0. The normalized spacial score (nSPS) is 10.1. The molecule has 7 heteroatoms. The van der Waals surface area contributed by atoms with Gasteiger partial charge in [-0.05, 0) is 6.92 Å². The van der Waals surface area contributed by atoms with Crippen LogP contribution in [0.15, 0.2) is 23.3 Å². The lowest BCUT2D eigenvalue weighted by Crippen LogP contribution is -2.06. The molecule has 0 unspecified atom stereocenters. The number of rotatable bonds is 5. The summed E-state index contributed by atoms with van der Waals surface area (Å²) >= 11 is 0. The van der Waals surface area contributed by atoms with E-state index >= 15 is 0 Å². The van der Waals surface area contributed by atoms with E-state index in [1.165, 1.54) is 6.39 Å². The molecule has 84 valence electrons. The quantitative estimate of drug-likeness (QED) is 0.773. The maximum atomic E-state index is 4.62. The second kappa shape index (κ2) is 5.06. The van der Waals surface area contributed by atoms with Crippen LogP contribution < -0.4 is 10.6 Å². The summed E-state index contributed by atoms with van der Waals surface area (Å²) in [6.07, 6.45) is 4.60. The summed E-state index contributed by atoms with van der Waals surface area (Å²) in [5.74, 6) is 1.99. The van der Waals surface area contributed by atoms with Gasteiger partial charge >= 0.3 is 0 Å². The average molecular weight is 220 g/mol. The molecule has 2 aromatic heterocycles. The van der Waals surface area contributed by atoms with Gasteiger partial charge in [-0.15, -0.1) is 0 Å². The Morgan fingerprint density at radius 1 is 1.25 bits per heavy atom. The highest BCUT2D eigenvalue weighted by atomic mass is 16.5. The summed E-state index contributed by atoms with van der Waals surface area (Å²) in [5.41, 5.74) is 0. The number of anilines is 2. The zero-order valence-corrected chi connectivity index (χ0v) is 8.84. The highest BCUT2D eigenvalue weighted by Crippen LogP contribution is 2.06. The highest BCUT2D eigenvalue weighted by Gasteiger charge is 2.00. The van der Waals surface area contributed by atoms with E-state index in [2.05, 4.69) is 35.3 Å². The van der Waals surface area contributed by atoms with Gasteiger partial charge < -0.3 is 15.2 Å². The molecular weight excluding hydrogens is 208 g/mol. The average Bonchev–Trinajstić information content (AvgIpc) is 2.80. The van der Waals surface area contributed by atoms with Gasteiger partial charge in [-0.3, -0.25) is 4.98 Å². The van der Waals surface area contributed by atoms with Gasteiger partial charge in [0.15, 0.2) is 5.82 Å². The van der Waals surface area contributed by atoms with E-state index in [0.29, 0.717) is 18.2 Å². The Bertz CT molecular complexity index is 429. The Morgan fingerprint density at radius 2 is 2.06 bits per heavy atom. The predicted molar refractivity (Wildman–Crippen MR) is 57.8 cm³/mol. The standard InChI is InChI=1S/C9H12N6O/c1-2-11-7-3-10-4-8(14-7)12-5-9-13-6-16-15-9/h3-4,6H,2,5H2,1H3,(H2,11,12,14). The van der Waals surface area contributed by atoms with Crippen LogP contribution in [0.1, 0.15) is 12.7 Å². The van der Waals surface area contributed by atoms with E-state index in [0.717, 1.165) is 12.4 Å². The number of aromatic nitrogens is 4. The lowest BCUT2D eigenvalue weighted by atomic mass is 10.5. The van der Waals surface area contributed by atoms with Crippen molar-refractivity contribution in [1.82, 2.24) is 20.1 Å². The van der Waals surface area contributed by atoms with Crippen molar-refractivity contribution >= 4 is 11.6 Å². The summed E-state index contributed by atoms with van der Waals surface area (Å²) < 4.78 is 4.62. The Hall–Kier alpha value is -2.18. The van der Waals surface area contributed by atoms with E-state index in [9.17, 15) is 0 Å². The summed E-state index contributed by atoms with van der Waals surface area (Å²) in [4.78, 5) is 12.2. The second-order valence-electron chi connectivity index (χ2n) is 3.02. The van der Waals surface area contributed by atoms with Gasteiger partial charge in [-0.2, -0.15) is 4.98 Å². The van der Waals surface area contributed by atoms with E-state index in [-0.39, 0.29) is 0 Å². The fraction of sp³-hybridized carbons (Fsp3) is 0.333. The third kappa shape index (κ3) is 2.66. The van der Waals surface area contributed by atoms with Crippen molar-refractivity contribution in [2.24, 2.45) is 0 Å². The first-order valence-corrected chi connectivity index (χ1v) is 4.93. The van der Waals surface area contributed by atoms with Gasteiger partial charge in [0, 0.05) is 6.54 Å². The summed E-state index contributed by atoms with van der Waals surface area (Å²) in [7, 11) is 0. The molecule has 2 rings (SSSR count). The third-order valence-electron chi connectivity index (χ3n) is 1.83. The molecular formula is C9H12N6O. The molecule has 0 amide bonds. The monoisotopic (exact) mass is 220 g/mol. The number of nitrogens with one attached hydrogen (secondary N) is 2. The molecule has 2 aromatic rings. The molecule has 0 saturated carbocycles. The van der Waals surface area contributed by atoms with Gasteiger partial charge in [0.05, 0.1) is 18.9 Å². The molecule has 2 N–H and O–H groups in total. The molecule has 0 radical (unpaired) electrons. The van der Waals surface area contributed by atoms with Crippen molar-refractivity contribution in [2.75, 3.05) is 17.2 Å². The molecule has 2 heterocycles. The van der Waals surface area contributed by atoms with Crippen molar-refractivity contribution in [3.63, 3.8) is 0 Å². The van der Waals surface area contributed by atoms with E-state index < -0.39 is 0 Å². The van der Waals surface area contributed by atoms with Crippen LogP contribution in [0.25, 0.3) is 0 Å². The first-order chi connectivity index (χ1) is 7.88. The zero-order valence-electron chi connectivity index (χ0n) is 8.84. The van der Waals surface area contributed by atoms with Gasteiger partial charge in [-0.1, -0.05) is 5.16 Å². The smallest absolute Gasteiger partial charge is 0.213 e. The van der Waals surface area contributed by atoms with E-state index in [4.69, 9.17) is 0 Å². The largest absolute Gasteiger partial charge is 0.369 e. The third-order valence-corrected chi connectivity index (χ3v) is 1.83. The predicted octanol–water partition coefficient (Wildman–Crippen LogP) is 0.903. The van der Waals surface area contributed by atoms with Crippen molar-refractivity contribution in [3.8, 4) is 0 Å². The van der Waals surface area contributed by atoms with E-state index in [1.54, 1.807) is 12.4 Å². The topological polar surface area (TPSA) is 88.8 Å². The molecule has 16 heavy (non-hydrogen) atoms. The molecule has 0 spiro atoms. The van der Waals surface area contributed by atoms with Crippen LogP contribution in [0, 0.1) is 0 Å². The fourth-order valence-electron chi connectivity index (χ4n) is 1.16. The molecule has 0 aliphatic heterocycles. The van der Waals surface area contributed by atoms with Crippen LogP contribution in [0.4, 0.5) is 11.6 Å². The minimum absolute atomic E-state index is 0.459. The SMILES string of the molecule is CCNc1cncc(NCc2ncon2)n1. The number of hydrogen-bond donors (Lipinski definition) is 2. The van der Waals surface area contributed by atoms with Crippen LogP contribution in [0.5, 0.6) is 0 Å². The molecule has 0 fully saturated rings. The lowest BCUT2D eigenvalue weighted by molar-refractivity contribution is 0.411. The first kappa shape index (κ1) is 10.3. The maximum Gasteiger partial charge on any atom is 0.213 e. The van der Waals surface area contributed by atoms with Crippen LogP contribution >= 0.6 is 0 Å². The van der Waals surface area contributed by atoms with Gasteiger partial charge in [-0.25, -0.2) is 4.98 Å². The van der Waals surface area contributed by atoms with Crippen molar-refractivity contribution < 1.29 is 4.52 Å². The van der Waals surface area contributed by atoms with Gasteiger partial charge in [0.25, 0.3) is 0 Å².